The van der Waals surface area contributed by atoms with Crippen molar-refractivity contribution in [2.75, 3.05) is 0 Å². The Balaban J connectivity index is -0.000000256. The quantitative estimate of drug-likeness (QED) is 0.334. The summed E-state index contributed by atoms with van der Waals surface area (Å²) in [5, 5.41) is 8.77. The summed E-state index contributed by atoms with van der Waals surface area (Å²) in [6.07, 6.45) is -3.95. The van der Waals surface area contributed by atoms with Gasteiger partial charge in [0.05, 0.1) is 0 Å². The average Bonchev–Trinajstić information content (AvgIpc) is 2.60. The zero-order chi connectivity index (χ0) is 11.3. The molecule has 0 spiro atoms. The Labute approximate surface area is 85.5 Å². The molecule has 0 heterocycles. The molecule has 0 aromatic rings. The van der Waals surface area contributed by atoms with E-state index in [1.807, 2.05) is 0 Å². The van der Waals surface area contributed by atoms with Gasteiger partial charge in [-0.05, 0) is 11.6 Å². The van der Waals surface area contributed by atoms with Gasteiger partial charge in [0.15, 0.2) is 0 Å². The average molecular weight is 1560 g/mol. The van der Waals surface area contributed by atoms with E-state index in [1.165, 1.54) is 6.42 Å². The summed E-state index contributed by atoms with van der Waals surface area (Å²) in [5.41, 5.74) is -1.94. The van der Waals surface area contributed by atoms with Crippen LogP contribution < -0.4 is 0 Å². The number of hydrogen-bond acceptors (Lipinski definition) is 1. The fourth-order valence-electron chi connectivity index (χ4n) is 2.69. The first-order valence-electron chi connectivity index (χ1n) is 4.98. The van der Waals surface area contributed by atoms with Gasteiger partial charge in [-0.3, -0.25) is 10.8 Å². The van der Waals surface area contributed by atoms with E-state index in [1.54, 1.807) is 0 Å². The minimum atomic E-state index is -4.80. The predicted molar refractivity (Wildman–Crippen MR) is 44.8 cm³/mol. The third-order valence-electron chi connectivity index (χ3n) is 3.43. The summed E-state index contributed by atoms with van der Waals surface area (Å²) in [6, 6.07) is 0. The molecule has 2 aliphatic carbocycles. The molecule has 2 saturated carbocycles. The predicted octanol–water partition coefficient (Wildman–Crippen LogP) is 3.19. The molecular formula is C10H12F4ORf5-2. The third-order valence-corrected chi connectivity index (χ3v) is 3.43. The Kier molecular flexibility index (Phi) is 6.19. The molecule has 20 heavy (non-hydrogen) atoms. The Hall–Kier alpha value is -5.32. The van der Waals surface area contributed by atoms with Crippen LogP contribution in [0.2, 0.25) is 0 Å². The van der Waals surface area contributed by atoms with Crippen LogP contribution in [0.1, 0.15) is 25.7 Å². The third kappa shape index (κ3) is 2.62. The Morgan fingerprint density at radius 3 is 1.90 bits per heavy atom. The molecule has 0 radical (unpaired) electrons. The van der Waals surface area contributed by atoms with Crippen molar-refractivity contribution in [2.24, 2.45) is 11.8 Å². The Morgan fingerprint density at radius 1 is 1.10 bits per heavy atom. The zero-order valence-corrected chi connectivity index (χ0v) is 43.6. The smallest absolute Gasteiger partial charge is 0.294 e. The molecule has 0 saturated heterocycles. The van der Waals surface area contributed by atoms with Crippen LogP contribution in [0.15, 0.2) is 0 Å². The molecule has 0 amide bonds. The SMILES string of the molecule is O[C-](CC1(F)[CH-]C2CCC1C2)C(F)(F)F.[Rf].[Rf].[Rf].[Rf].[Rf]. The molecule has 3 atom stereocenters. The second-order valence-corrected chi connectivity index (χ2v) is 4.48. The molecule has 2 aliphatic rings. The van der Waals surface area contributed by atoms with Gasteiger partial charge in [0, 0.05) is 0 Å². The number of alkyl halides is 4. The van der Waals surface area contributed by atoms with Crippen LogP contribution in [0.5, 0.6) is 0 Å². The van der Waals surface area contributed by atoms with Crippen LogP contribution in [0.3, 0.4) is 0 Å². The number of halogens is 4. The van der Waals surface area contributed by atoms with Gasteiger partial charge >= 0.3 is 0 Å². The van der Waals surface area contributed by atoms with Crippen LogP contribution in [0, 0.1) is 24.4 Å². The second-order valence-electron chi connectivity index (χ2n) is 4.48. The topological polar surface area (TPSA) is 20.2 Å². The number of fused-ring (bicyclic) bond motifs is 2. The maximum Gasteiger partial charge on any atom is 0.294 e. The summed E-state index contributed by atoms with van der Waals surface area (Å²) in [5.74, 6) is -0.243. The molecule has 3 unspecified atom stereocenters. The van der Waals surface area contributed by atoms with E-state index in [2.05, 4.69) is 0 Å². The van der Waals surface area contributed by atoms with Gasteiger partial charge in [-0.25, -0.2) is 13.2 Å². The standard InChI is InChI=1S/C10H12F4O.5Rf/c11-9(5-8(15)10(12,13)14)4-6-1-2-7(9)3-6;;;;;/h4,6-7,15H,1-3,5H2;;;;;/q-2;;;;;. The van der Waals surface area contributed by atoms with Crippen LogP contribution in [-0.4, -0.2) is 17.0 Å². The molecule has 0 aromatic carbocycles. The molecule has 0 aliphatic heterocycles. The molecule has 2 fully saturated rings. The molecule has 10 heteroatoms. The van der Waals surface area contributed by atoms with Gasteiger partial charge in [0.2, 0.25) is 0 Å². The molecule has 2 rings (SSSR count). The molecular weight excluding hydrogens is 1550 g/mol. The minimum Gasteiger partial charge on any atom is -0.554 e. The maximum absolute atomic E-state index is 14.1. The van der Waals surface area contributed by atoms with Crippen molar-refractivity contribution >= 4 is 0 Å². The number of aliphatic hydroxyl groups is 1. The summed E-state index contributed by atoms with van der Waals surface area (Å²) in [4.78, 5) is 0. The number of aliphatic hydroxyl groups excluding tert-OH is 1. The van der Waals surface area contributed by atoms with Crippen molar-refractivity contribution in [1.29, 1.82) is 0 Å². The van der Waals surface area contributed by atoms with Crippen molar-refractivity contribution in [3.05, 3.63) is 12.5 Å². The normalized spacial score (nSPS) is 30.3. The van der Waals surface area contributed by atoms with Gasteiger partial charge in [0.25, 0.3) is 6.18 Å². The molecule has 1 nitrogen and oxygen atoms in total. The zero-order valence-electron chi connectivity index (χ0n) is 11.6. The molecule has 2 bridgehead atoms. The first-order chi connectivity index (χ1) is 6.81. The maximum atomic E-state index is 14.1. The van der Waals surface area contributed by atoms with Gasteiger partial charge in [0.1, 0.15) is 0 Å². The summed E-state index contributed by atoms with van der Waals surface area (Å²) in [6.45, 7) is 0. The first kappa shape index (κ1) is 24.1. The van der Waals surface area contributed by atoms with Crippen molar-refractivity contribution in [1.82, 2.24) is 0 Å². The molecule has 98 valence electrons. The Bertz CT molecular complexity index is 269. The summed E-state index contributed by atoms with van der Waals surface area (Å²) in [7, 11) is 0. The van der Waals surface area contributed by atoms with E-state index >= 15 is 0 Å². The van der Waals surface area contributed by atoms with Crippen molar-refractivity contribution in [3.8, 4) is 0 Å². The van der Waals surface area contributed by atoms with Crippen LogP contribution in [0.25, 0.3) is 0 Å². The van der Waals surface area contributed by atoms with Crippen molar-refractivity contribution in [3.63, 3.8) is 0 Å². The van der Waals surface area contributed by atoms with E-state index in [-0.39, 0.29) is 11.8 Å². The first-order valence-corrected chi connectivity index (χ1v) is 4.98. The van der Waals surface area contributed by atoms with Crippen LogP contribution >= 0.6 is 0 Å². The van der Waals surface area contributed by atoms with E-state index in [9.17, 15) is 17.6 Å². The summed E-state index contributed by atoms with van der Waals surface area (Å²) >= 11 is 0. The second kappa shape index (κ2) is 5.14. The fraction of sp³-hybridized carbons (Fsp3) is 0.800. The van der Waals surface area contributed by atoms with Crippen LogP contribution in [-0.2, 0) is 0 Å². The summed E-state index contributed by atoms with van der Waals surface area (Å²) < 4.78 is 50.2. The van der Waals surface area contributed by atoms with Gasteiger partial charge in [-0.15, -0.1) is 6.42 Å². The minimum absolute atomic E-state index is 0. The van der Waals surface area contributed by atoms with Crippen molar-refractivity contribution in [2.45, 2.75) is 37.5 Å². The van der Waals surface area contributed by atoms with E-state index < -0.39 is 24.4 Å². The molecule has 0 aromatic heterocycles. The van der Waals surface area contributed by atoms with E-state index in [0.717, 1.165) is 6.42 Å². The van der Waals surface area contributed by atoms with E-state index in [4.69, 9.17) is 5.11 Å². The Morgan fingerprint density at radius 2 is 1.60 bits per heavy atom. The van der Waals surface area contributed by atoms with E-state index in [0.29, 0.717) is 12.8 Å². The van der Waals surface area contributed by atoms with Gasteiger partial charge in [-0.2, -0.15) is 5.92 Å². The van der Waals surface area contributed by atoms with Gasteiger partial charge < -0.3 is 5.11 Å². The van der Waals surface area contributed by atoms with Gasteiger partial charge in [-0.1, -0.05) is 25.4 Å². The molecule has 1 N–H and O–H groups in total. The number of hydrogen-bond donors (Lipinski definition) is 1. The van der Waals surface area contributed by atoms with Crippen LogP contribution in [0.4, 0.5) is 17.6 Å². The number of rotatable bonds is 2. The monoisotopic (exact) mass is 1560 g/mol. The van der Waals surface area contributed by atoms with Crippen molar-refractivity contribution < 1.29 is 22.7 Å². The fourth-order valence-corrected chi connectivity index (χ4v) is 2.69. The largest absolute Gasteiger partial charge is 0.554 e.